The second-order valence-electron chi connectivity index (χ2n) is 13.6. The molecule has 90 heavy (non-hydrogen) atoms. The highest BCUT2D eigenvalue weighted by molar-refractivity contribution is 5.05. The highest BCUT2D eigenvalue weighted by atomic mass is 15.1. The van der Waals surface area contributed by atoms with Gasteiger partial charge < -0.3 is 0 Å². The molecule has 0 N–H and O–H groups in total. The molecule has 0 amide bonds. The standard InChI is InChI=1S/2C6H7N.6C5H6N2.2C4H5N3.10C2H6/c1-6-3-2-4-7-5-6;1-6-4-2-3-5-7-6;1-5-2-6-4-7-3-5;1-5-4-6-2-3-7-5;1-5-2-3-6-4-7-5;1-5-2-3-6-7-4-5;1-5-6-3-2-4-7-5;1-5-3-2-4-6-7-5;1-4-2-5-3-6-7-4;1-4-5-2-3-6-7-4;10*1-2/h2*2-5H,1H3;6*2-4H,1H3;2*2-3H,1H3;10*1-2H3. The van der Waals surface area contributed by atoms with Crippen LogP contribution in [-0.4, -0.2) is 101 Å². The van der Waals surface area contributed by atoms with Gasteiger partial charge in [-0.3, -0.25) is 19.9 Å². The van der Waals surface area contributed by atoms with E-state index in [1.807, 2.05) is 262 Å². The molecule has 0 aliphatic heterocycles. The predicted octanol–water partition coefficient (Wildman–Crippen LogP) is 18.1. The number of aryl methyl sites for hydroxylation is 10. The summed E-state index contributed by atoms with van der Waals surface area (Å²) in [6.07, 6.45) is 33.5. The van der Waals surface area contributed by atoms with Crippen LogP contribution in [0.25, 0.3) is 0 Å². The van der Waals surface area contributed by atoms with Crippen molar-refractivity contribution in [1.82, 2.24) is 101 Å². The molecule has 0 atom stereocenters. The molecule has 0 aliphatic rings. The van der Waals surface area contributed by atoms with E-state index in [9.17, 15) is 0 Å². The van der Waals surface area contributed by atoms with Crippen molar-refractivity contribution in [2.75, 3.05) is 0 Å². The first kappa shape index (κ1) is 103. The maximum Gasteiger partial charge on any atom is 0.147 e. The molecule has 0 unspecified atom stereocenters. The zero-order valence-corrected chi connectivity index (χ0v) is 61.3. The van der Waals surface area contributed by atoms with Crippen molar-refractivity contribution in [2.45, 2.75) is 208 Å². The van der Waals surface area contributed by atoms with Crippen LogP contribution < -0.4 is 0 Å². The van der Waals surface area contributed by atoms with E-state index in [0.29, 0.717) is 5.82 Å². The molecular weight excluding hydrogens is 1120 g/mol. The minimum atomic E-state index is 0.711. The number of nitrogens with zero attached hydrogens (tertiary/aromatic N) is 20. The zero-order chi connectivity index (χ0) is 71.1. The second kappa shape index (κ2) is 98.9. The average molecular weight is 1240 g/mol. The van der Waals surface area contributed by atoms with Gasteiger partial charge in [-0.05, 0) is 134 Å². The molecule has 0 aliphatic carbocycles. The van der Waals surface area contributed by atoms with Crippen molar-refractivity contribution in [3.05, 3.63) is 242 Å². The van der Waals surface area contributed by atoms with Crippen LogP contribution in [0.1, 0.15) is 195 Å². The summed E-state index contributed by atoms with van der Waals surface area (Å²) >= 11 is 0. The Bertz CT molecular complexity index is 1990. The highest BCUT2D eigenvalue weighted by Gasteiger charge is 1.80. The summed E-state index contributed by atoms with van der Waals surface area (Å²) in [6, 6.07) is 19.1. The maximum atomic E-state index is 3.98. The Hall–Kier alpha value is -9.20. The minimum Gasteiger partial charge on any atom is -0.264 e. The molecule has 20 nitrogen and oxygen atoms in total. The van der Waals surface area contributed by atoms with Crippen LogP contribution in [0.5, 0.6) is 0 Å². The molecule has 500 valence electrons. The van der Waals surface area contributed by atoms with Crippen LogP contribution in [0.3, 0.4) is 0 Å². The monoisotopic (exact) mass is 1240 g/mol. The van der Waals surface area contributed by atoms with Gasteiger partial charge in [0.05, 0.1) is 35.7 Å². The van der Waals surface area contributed by atoms with Crippen LogP contribution in [0.2, 0.25) is 0 Å². The minimum absolute atomic E-state index is 0.711. The van der Waals surface area contributed by atoms with E-state index in [2.05, 4.69) is 101 Å². The van der Waals surface area contributed by atoms with E-state index in [0.717, 1.165) is 45.4 Å². The van der Waals surface area contributed by atoms with E-state index in [1.165, 1.54) is 24.5 Å². The Morgan fingerprint density at radius 2 is 0.667 bits per heavy atom. The lowest BCUT2D eigenvalue weighted by atomic mass is 10.3. The van der Waals surface area contributed by atoms with Crippen LogP contribution in [-0.2, 0) is 0 Å². The first-order valence-corrected chi connectivity index (χ1v) is 31.3. The number of hydrogen-bond acceptors (Lipinski definition) is 20. The Balaban J connectivity index is -0.0000000957. The first-order valence-electron chi connectivity index (χ1n) is 31.3. The smallest absolute Gasteiger partial charge is 0.147 e. The molecule has 10 rings (SSSR count). The lowest BCUT2D eigenvalue weighted by Gasteiger charge is -1.82. The Morgan fingerprint density at radius 3 is 0.889 bits per heavy atom. The molecule has 0 bridgehead atoms. The third-order valence-corrected chi connectivity index (χ3v) is 7.06. The molecule has 10 heterocycles. The van der Waals surface area contributed by atoms with E-state index in [4.69, 9.17) is 0 Å². The summed E-state index contributed by atoms with van der Waals surface area (Å²) in [6.45, 7) is 59.2. The van der Waals surface area contributed by atoms with E-state index >= 15 is 0 Å². The van der Waals surface area contributed by atoms with Gasteiger partial charge in [0.15, 0.2) is 0 Å². The number of rotatable bonds is 0. The van der Waals surface area contributed by atoms with Crippen molar-refractivity contribution in [3.63, 3.8) is 0 Å². The molecule has 10 aromatic rings. The van der Waals surface area contributed by atoms with Crippen LogP contribution in [0.4, 0.5) is 0 Å². The van der Waals surface area contributed by atoms with Crippen molar-refractivity contribution >= 4 is 0 Å². The maximum absolute atomic E-state index is 3.98. The summed E-state index contributed by atoms with van der Waals surface area (Å²) in [7, 11) is 0. The lowest BCUT2D eigenvalue weighted by molar-refractivity contribution is 0.907. The molecule has 0 spiro atoms. The topological polar surface area (TPSA) is 258 Å². The Kier molecular flexibility index (Phi) is 113. The summed E-state index contributed by atoms with van der Waals surface area (Å²) < 4.78 is 0. The Morgan fingerprint density at radius 1 is 0.200 bits per heavy atom. The molecule has 0 fully saturated rings. The van der Waals surface area contributed by atoms with Crippen molar-refractivity contribution in [1.29, 1.82) is 0 Å². The summed E-state index contributed by atoms with van der Waals surface area (Å²) in [4.78, 5) is 46.0. The summed E-state index contributed by atoms with van der Waals surface area (Å²) in [5.74, 6) is 1.53. The van der Waals surface area contributed by atoms with Crippen molar-refractivity contribution in [2.24, 2.45) is 0 Å². The molecule has 10 aromatic heterocycles. The largest absolute Gasteiger partial charge is 0.264 e. The van der Waals surface area contributed by atoms with E-state index in [1.54, 1.807) is 112 Å². The number of pyridine rings is 2. The fourth-order valence-corrected chi connectivity index (χ4v) is 3.74. The first-order chi connectivity index (χ1) is 43.9. The molecule has 0 saturated carbocycles. The van der Waals surface area contributed by atoms with Crippen LogP contribution >= 0.6 is 0 Å². The van der Waals surface area contributed by atoms with Gasteiger partial charge in [-0.2, -0.15) is 30.6 Å². The third kappa shape index (κ3) is 95.2. The van der Waals surface area contributed by atoms with Gasteiger partial charge >= 0.3 is 0 Å². The SMILES string of the molecule is CC.CC.CC.CC.CC.CC.CC.CC.CC.CC.Cc1ccccn1.Cc1cccnc1.Cc1cccnn1.Cc1ccncn1.Cc1ccnnc1.Cc1cnccn1.Cc1cncnc1.Cc1cncnn1.Cc1ncccn1.Cc1nccnn1. The fourth-order valence-electron chi connectivity index (χ4n) is 3.74. The molecule has 0 radical (unpaired) electrons. The molecule has 20 heteroatoms. The normalized spacial score (nSPS) is 7.44. The van der Waals surface area contributed by atoms with Crippen LogP contribution in [0.15, 0.2) is 185 Å². The van der Waals surface area contributed by atoms with E-state index < -0.39 is 0 Å². The Labute approximate surface area is 547 Å². The van der Waals surface area contributed by atoms with Gasteiger partial charge in [0.25, 0.3) is 0 Å². The molecule has 0 saturated heterocycles. The number of aromatic nitrogens is 20. The number of hydrogen-bond donors (Lipinski definition) is 0. The lowest BCUT2D eigenvalue weighted by Crippen LogP contribution is -1.85. The van der Waals surface area contributed by atoms with E-state index in [-0.39, 0.29) is 0 Å². The predicted molar refractivity (Wildman–Crippen MR) is 381 cm³/mol. The van der Waals surface area contributed by atoms with Gasteiger partial charge in [-0.25, -0.2) is 39.9 Å². The van der Waals surface area contributed by atoms with Gasteiger partial charge in [0.1, 0.15) is 30.6 Å². The fraction of sp³-hybridized carbons (Fsp3) is 0.429. The summed E-state index contributed by atoms with van der Waals surface area (Å²) in [5.41, 5.74) is 8.31. The second-order valence-corrected chi connectivity index (χ2v) is 13.6. The highest BCUT2D eigenvalue weighted by Crippen LogP contribution is 1.90. The van der Waals surface area contributed by atoms with Gasteiger partial charge in [-0.1, -0.05) is 151 Å². The average Bonchev–Trinajstić information content (AvgIpc) is 3.62. The third-order valence-electron chi connectivity index (χ3n) is 7.06. The van der Waals surface area contributed by atoms with Crippen molar-refractivity contribution < 1.29 is 0 Å². The van der Waals surface area contributed by atoms with Gasteiger partial charge in [-0.15, -0.1) is 10.2 Å². The van der Waals surface area contributed by atoms with Crippen molar-refractivity contribution in [3.8, 4) is 0 Å². The zero-order valence-electron chi connectivity index (χ0n) is 61.3. The summed E-state index contributed by atoms with van der Waals surface area (Å²) in [5, 5.41) is 29.0. The van der Waals surface area contributed by atoms with Gasteiger partial charge in [0, 0.05) is 98.1 Å². The van der Waals surface area contributed by atoms with Gasteiger partial charge in [0.2, 0.25) is 0 Å². The van der Waals surface area contributed by atoms with Crippen LogP contribution in [0, 0.1) is 69.2 Å². The quantitative estimate of drug-likeness (QED) is 0.137. The molecule has 0 aromatic carbocycles. The molecular formula is C70H120N20.